The van der Waals surface area contributed by atoms with Gasteiger partial charge in [0.15, 0.2) is 29.7 Å². The van der Waals surface area contributed by atoms with Crippen LogP contribution in [0.4, 0.5) is 17.6 Å². The smallest absolute Gasteiger partial charge is 0.383 e. The maximum Gasteiger partial charge on any atom is 0.386 e. The molecule has 13 atom stereocenters. The van der Waals surface area contributed by atoms with E-state index in [0.29, 0.717) is 17.5 Å². The normalized spacial score (nSPS) is 28.7. The molecule has 3 aliphatic rings. The van der Waals surface area contributed by atoms with E-state index < -0.39 is 111 Å². The van der Waals surface area contributed by atoms with E-state index in [2.05, 4.69) is 49.4 Å². The highest BCUT2D eigenvalue weighted by Crippen LogP contribution is 2.59. The Kier molecular flexibility index (Phi) is 17.7. The standard InChI is InChI=1S/C37H55N11O18P2S2/c1-6-19-20(11-23(61-19)48-16-41-24-31(48)44-35(40)45-32(24)49)65-67(53,69)59-15-22-26(28(58-10-8-56-5)34(63-22)47-13-18(3)30(39)43-37(47)51)66-68(54,70)60-14-21-25(64-52)27(57-9-7-55-4)33(62-21)46-12-17(2)29(38)42-36(46)50/h12-13,16,19-23,25-28,33-34,52H,6-11,14-15H2,1-5H3,(H,53,69)(H,54,70)(H2,38,42,50)(H2,39,43,51)(H3,40,44,45,49)/t19-,20?,21-,22-,23-,25?,26?,27+,28+,33-,34-,67?,68?/m1/s1. The molecule has 4 aromatic heterocycles. The van der Waals surface area contributed by atoms with Crippen LogP contribution in [0.1, 0.15) is 49.6 Å². The predicted octanol–water partition coefficient (Wildman–Crippen LogP) is 1.29. The van der Waals surface area contributed by atoms with E-state index in [1.165, 1.54) is 37.5 Å². The third-order valence-corrected chi connectivity index (χ3v) is 14.7. The molecule has 3 saturated heterocycles. The first-order valence-corrected chi connectivity index (χ1v) is 26.9. The van der Waals surface area contributed by atoms with Crippen LogP contribution in [0.15, 0.2) is 33.1 Å². The lowest BCUT2D eigenvalue weighted by atomic mass is 10.1. The van der Waals surface area contributed by atoms with Crippen LogP contribution in [-0.4, -0.2) is 147 Å². The van der Waals surface area contributed by atoms with Crippen molar-refractivity contribution in [2.24, 2.45) is 0 Å². The van der Waals surface area contributed by atoms with Gasteiger partial charge in [-0.25, -0.2) is 28.6 Å². The number of nitrogen functional groups attached to an aromatic ring is 3. The molecular formula is C37H55N11O18P2S2. The molecule has 0 bridgehead atoms. The average Bonchev–Trinajstić information content (AvgIpc) is 4.08. The molecule has 3 aliphatic heterocycles. The van der Waals surface area contributed by atoms with Crippen LogP contribution in [0.5, 0.6) is 0 Å². The van der Waals surface area contributed by atoms with Crippen molar-refractivity contribution in [1.82, 2.24) is 38.6 Å². The summed E-state index contributed by atoms with van der Waals surface area (Å²) in [6.45, 7) is -5.28. The minimum atomic E-state index is -4.64. The van der Waals surface area contributed by atoms with Crippen LogP contribution in [0, 0.1) is 13.8 Å². The van der Waals surface area contributed by atoms with E-state index >= 15 is 0 Å². The highest BCUT2D eigenvalue weighted by Gasteiger charge is 2.53. The quantitative estimate of drug-likeness (QED) is 0.0181. The fourth-order valence-electron chi connectivity index (χ4n) is 8.02. The van der Waals surface area contributed by atoms with Crippen molar-refractivity contribution in [3.8, 4) is 0 Å². The van der Waals surface area contributed by atoms with Crippen molar-refractivity contribution in [2.45, 2.75) is 101 Å². The average molecular weight is 1070 g/mol. The SMILES string of the molecule is CC[C@H]1O[C@@H](n2cnc3c(=O)[nH]c(N)nc32)CC1OP(=O)(S)OC[C@H]1O[C@@H](n2cc(C)c(N)nc2=O)[C@@H](OCCOC)C1OP(=O)(S)OC[C@H]1O[C@@H](n2cc(C)c(N)nc2=O)[C@@H](OCCOC)C1OO. The summed E-state index contributed by atoms with van der Waals surface area (Å²) >= 11 is 8.55. The number of anilines is 3. The van der Waals surface area contributed by atoms with Crippen LogP contribution in [-0.2, 0) is 65.3 Å². The van der Waals surface area contributed by atoms with E-state index in [1.807, 2.05) is 6.92 Å². The van der Waals surface area contributed by atoms with Gasteiger partial charge in [-0.1, -0.05) is 31.4 Å². The summed E-state index contributed by atoms with van der Waals surface area (Å²) in [6.07, 6.45) is -8.48. The molecule has 3 fully saturated rings. The molecule has 5 unspecified atom stereocenters. The third-order valence-electron chi connectivity index (χ3n) is 11.5. The molecule has 29 nitrogen and oxygen atoms in total. The Labute approximate surface area is 408 Å². The maximum absolute atomic E-state index is 14.4. The van der Waals surface area contributed by atoms with E-state index in [9.17, 15) is 28.8 Å². The second kappa shape index (κ2) is 22.9. The summed E-state index contributed by atoms with van der Waals surface area (Å²) in [5.74, 6) is -0.204. The number of hydrogen-bond acceptors (Lipinski definition) is 25. The largest absolute Gasteiger partial charge is 0.386 e. The number of nitrogens with two attached hydrogens (primary N) is 3. The number of fused-ring (bicyclic) bond motifs is 1. The van der Waals surface area contributed by atoms with E-state index in [1.54, 1.807) is 13.8 Å². The number of rotatable bonds is 23. The van der Waals surface area contributed by atoms with Gasteiger partial charge in [-0.2, -0.15) is 15.0 Å². The van der Waals surface area contributed by atoms with Crippen LogP contribution in [0.3, 0.4) is 0 Å². The van der Waals surface area contributed by atoms with Gasteiger partial charge in [0.25, 0.3) is 5.56 Å². The number of imidazole rings is 1. The van der Waals surface area contributed by atoms with Gasteiger partial charge in [0, 0.05) is 44.2 Å². The second-order valence-electron chi connectivity index (χ2n) is 16.1. The molecule has 388 valence electrons. The lowest BCUT2D eigenvalue weighted by Crippen LogP contribution is -2.41. The summed E-state index contributed by atoms with van der Waals surface area (Å²) in [4.78, 5) is 62.1. The first-order chi connectivity index (χ1) is 33.3. The molecule has 70 heavy (non-hydrogen) atoms. The number of thiol groups is 2. The zero-order valence-electron chi connectivity index (χ0n) is 38.3. The number of ether oxygens (including phenoxy) is 7. The van der Waals surface area contributed by atoms with Gasteiger partial charge in [-0.3, -0.25) is 46.8 Å². The molecule has 33 heteroatoms. The summed E-state index contributed by atoms with van der Waals surface area (Å²) in [5.41, 5.74) is 16.4. The summed E-state index contributed by atoms with van der Waals surface area (Å²) in [5, 5.41) is 10.1. The van der Waals surface area contributed by atoms with Crippen molar-refractivity contribution in [2.75, 3.05) is 71.1 Å². The Hall–Kier alpha value is -3.85. The number of methoxy groups -OCH3 is 2. The van der Waals surface area contributed by atoms with Crippen LogP contribution in [0.25, 0.3) is 11.2 Å². The van der Waals surface area contributed by atoms with E-state index in [0.717, 1.165) is 9.13 Å². The number of nitrogens with zero attached hydrogens (tertiary/aromatic N) is 7. The summed E-state index contributed by atoms with van der Waals surface area (Å²) in [7, 11) is 2.87. The van der Waals surface area contributed by atoms with Crippen molar-refractivity contribution in [3.05, 3.63) is 61.2 Å². The minimum Gasteiger partial charge on any atom is -0.383 e. The first kappa shape index (κ1) is 53.9. The first-order valence-electron chi connectivity index (χ1n) is 21.5. The van der Waals surface area contributed by atoms with E-state index in [4.69, 9.17) is 73.3 Å². The van der Waals surface area contributed by atoms with Gasteiger partial charge in [-0.15, -0.1) is 0 Å². The molecule has 0 spiro atoms. The zero-order chi connectivity index (χ0) is 50.7. The van der Waals surface area contributed by atoms with Crippen molar-refractivity contribution in [1.29, 1.82) is 0 Å². The Morgan fingerprint density at radius 1 is 0.757 bits per heavy atom. The van der Waals surface area contributed by atoms with Crippen LogP contribution in [0.2, 0.25) is 0 Å². The van der Waals surface area contributed by atoms with Gasteiger partial charge in [0.2, 0.25) is 5.95 Å². The van der Waals surface area contributed by atoms with Gasteiger partial charge in [-0.05, 0) is 20.3 Å². The van der Waals surface area contributed by atoms with Crippen molar-refractivity contribution < 1.29 is 70.5 Å². The Morgan fingerprint density at radius 2 is 1.29 bits per heavy atom. The molecule has 8 N–H and O–H groups in total. The number of aryl methyl sites for hydroxylation is 2. The Balaban J connectivity index is 1.12. The summed E-state index contributed by atoms with van der Waals surface area (Å²) in [6, 6.07) is 0. The monoisotopic (exact) mass is 1070 g/mol. The number of aromatic nitrogens is 8. The Bertz CT molecular complexity index is 2750. The Morgan fingerprint density at radius 3 is 1.81 bits per heavy atom. The number of nitrogens with one attached hydrogen (secondary N) is 1. The van der Waals surface area contributed by atoms with Gasteiger partial charge in [0.1, 0.15) is 48.4 Å². The fraction of sp³-hybridized carbons (Fsp3) is 0.649. The molecule has 0 aromatic carbocycles. The molecule has 0 saturated carbocycles. The lowest BCUT2D eigenvalue weighted by Gasteiger charge is -2.28. The van der Waals surface area contributed by atoms with Gasteiger partial charge in [0.05, 0.1) is 58.2 Å². The van der Waals surface area contributed by atoms with Crippen LogP contribution < -0.4 is 34.1 Å². The molecular weight excluding hydrogens is 1010 g/mol. The second-order valence-corrected chi connectivity index (χ2v) is 21.9. The lowest BCUT2D eigenvalue weighted by molar-refractivity contribution is -0.303. The zero-order valence-corrected chi connectivity index (χ0v) is 41.9. The molecule has 7 heterocycles. The number of aromatic amines is 1. The maximum atomic E-state index is 14.4. The molecule has 0 radical (unpaired) electrons. The molecule has 0 aliphatic carbocycles. The molecule has 4 aromatic rings. The summed E-state index contributed by atoms with van der Waals surface area (Å²) < 4.78 is 96.9. The molecule has 7 rings (SSSR count). The number of hydrogen-bond donors (Lipinski definition) is 7. The predicted molar refractivity (Wildman–Crippen MR) is 250 cm³/mol. The molecule has 0 amide bonds. The van der Waals surface area contributed by atoms with E-state index in [-0.39, 0.29) is 61.6 Å². The van der Waals surface area contributed by atoms with Gasteiger partial charge >= 0.3 is 25.0 Å². The highest BCUT2D eigenvalue weighted by molar-refractivity contribution is 8.44. The van der Waals surface area contributed by atoms with Crippen molar-refractivity contribution in [3.63, 3.8) is 0 Å². The number of H-pyrrole nitrogens is 1. The van der Waals surface area contributed by atoms with Crippen molar-refractivity contribution >= 4 is 66.8 Å². The van der Waals surface area contributed by atoms with Crippen LogP contribution >= 0.6 is 38.1 Å². The fourth-order valence-corrected chi connectivity index (χ4v) is 11.0. The van der Waals surface area contributed by atoms with Gasteiger partial charge < -0.3 is 50.4 Å². The highest BCUT2D eigenvalue weighted by atomic mass is 32.7. The third kappa shape index (κ3) is 12.1. The minimum absolute atomic E-state index is 0.0184. The topological polar surface area (TPSA) is 377 Å².